The predicted molar refractivity (Wildman–Crippen MR) is 88.9 cm³/mol. The van der Waals surface area contributed by atoms with Gasteiger partial charge in [0.25, 0.3) is 0 Å². The van der Waals surface area contributed by atoms with Crippen LogP contribution in [0.2, 0.25) is 0 Å². The van der Waals surface area contributed by atoms with Crippen molar-refractivity contribution in [1.82, 2.24) is 0 Å². The molecule has 0 unspecified atom stereocenters. The van der Waals surface area contributed by atoms with Crippen molar-refractivity contribution >= 4 is 15.7 Å². The fraction of sp³-hybridized carbons (Fsp3) is 0.647. The molecule has 0 spiro atoms. The summed E-state index contributed by atoms with van der Waals surface area (Å²) in [5.74, 6) is 0.343. The van der Waals surface area contributed by atoms with Gasteiger partial charge in [0.05, 0.1) is 18.0 Å². The summed E-state index contributed by atoms with van der Waals surface area (Å²) in [4.78, 5) is 0. The molecule has 22 heavy (non-hydrogen) atoms. The van der Waals surface area contributed by atoms with E-state index in [0.717, 1.165) is 24.1 Å². The number of hydrogen-bond donors (Lipinski definition) is 0. The average molecular weight is 323 g/mol. The van der Waals surface area contributed by atoms with Gasteiger partial charge in [-0.3, -0.25) is 4.31 Å². The van der Waals surface area contributed by atoms with Crippen LogP contribution in [0.25, 0.3) is 0 Å². The van der Waals surface area contributed by atoms with Crippen LogP contribution in [0.4, 0.5) is 5.69 Å². The van der Waals surface area contributed by atoms with Gasteiger partial charge in [-0.1, -0.05) is 32.9 Å². The first-order valence-corrected chi connectivity index (χ1v) is 9.60. The molecule has 122 valence electrons. The van der Waals surface area contributed by atoms with Crippen molar-refractivity contribution in [2.45, 2.75) is 39.0 Å². The lowest BCUT2D eigenvalue weighted by Crippen LogP contribution is -2.34. The summed E-state index contributed by atoms with van der Waals surface area (Å²) in [5, 5.41) is 0. The van der Waals surface area contributed by atoms with Crippen molar-refractivity contribution in [3.05, 3.63) is 29.3 Å². The molecular weight excluding hydrogens is 298 g/mol. The zero-order valence-corrected chi connectivity index (χ0v) is 14.4. The van der Waals surface area contributed by atoms with Gasteiger partial charge in [0.15, 0.2) is 0 Å². The number of anilines is 1. The molecule has 3 rings (SSSR count). The second kappa shape index (κ2) is 5.53. The first kappa shape index (κ1) is 15.8. The van der Waals surface area contributed by atoms with Gasteiger partial charge in [0.2, 0.25) is 10.0 Å². The quantitative estimate of drug-likeness (QED) is 0.859. The minimum atomic E-state index is -3.25. The molecule has 1 aromatic carbocycles. The molecule has 0 aliphatic carbocycles. The van der Waals surface area contributed by atoms with Crippen LogP contribution in [0.5, 0.6) is 0 Å². The summed E-state index contributed by atoms with van der Waals surface area (Å²) in [6.07, 6.45) is 1.66. The molecular formula is C17H25NO3S. The Balaban J connectivity index is 1.84. The summed E-state index contributed by atoms with van der Waals surface area (Å²) in [7, 11) is -3.25. The lowest BCUT2D eigenvalue weighted by Gasteiger charge is -2.23. The number of nitrogens with zero attached hydrogens (tertiary/aromatic N) is 1. The minimum Gasteiger partial charge on any atom is -0.381 e. The first-order valence-electron chi connectivity index (χ1n) is 7.99. The van der Waals surface area contributed by atoms with Gasteiger partial charge in [-0.15, -0.1) is 0 Å². The zero-order chi connectivity index (χ0) is 16.0. The topological polar surface area (TPSA) is 46.6 Å². The van der Waals surface area contributed by atoms with Crippen LogP contribution >= 0.6 is 0 Å². The Labute approximate surface area is 133 Å². The van der Waals surface area contributed by atoms with Crippen LogP contribution in [-0.2, 0) is 26.6 Å². The summed E-state index contributed by atoms with van der Waals surface area (Å²) in [5.41, 5.74) is 3.36. The highest BCUT2D eigenvalue weighted by molar-refractivity contribution is 7.92. The largest absolute Gasteiger partial charge is 0.381 e. The van der Waals surface area contributed by atoms with Gasteiger partial charge < -0.3 is 4.74 Å². The summed E-state index contributed by atoms with van der Waals surface area (Å²) < 4.78 is 32.3. The molecule has 0 bridgehead atoms. The van der Waals surface area contributed by atoms with Crippen LogP contribution in [-0.4, -0.2) is 33.9 Å². The number of fused-ring (bicyclic) bond motifs is 1. The molecule has 0 radical (unpaired) electrons. The van der Waals surface area contributed by atoms with Crippen LogP contribution < -0.4 is 4.31 Å². The summed E-state index contributed by atoms with van der Waals surface area (Å²) >= 11 is 0. The molecule has 1 fully saturated rings. The Morgan fingerprint density at radius 1 is 1.32 bits per heavy atom. The number of ether oxygens (including phenoxy) is 1. The van der Waals surface area contributed by atoms with Gasteiger partial charge in [0.1, 0.15) is 0 Å². The molecule has 4 nitrogen and oxygen atoms in total. The summed E-state index contributed by atoms with van der Waals surface area (Å²) in [6.45, 7) is 8.36. The lowest BCUT2D eigenvalue weighted by molar-refractivity contribution is 0.188. The van der Waals surface area contributed by atoms with Crippen LogP contribution in [0.15, 0.2) is 18.2 Å². The third kappa shape index (κ3) is 3.01. The number of sulfonamides is 1. The van der Waals surface area contributed by atoms with Crippen molar-refractivity contribution < 1.29 is 13.2 Å². The van der Waals surface area contributed by atoms with Gasteiger partial charge in [-0.25, -0.2) is 8.42 Å². The molecule has 0 N–H and O–H groups in total. The molecule has 1 aromatic rings. The Bertz CT molecular complexity index is 655. The first-order chi connectivity index (χ1) is 10.3. The van der Waals surface area contributed by atoms with E-state index in [9.17, 15) is 8.42 Å². The second-order valence-corrected chi connectivity index (χ2v) is 9.36. The highest BCUT2D eigenvalue weighted by atomic mass is 32.2. The van der Waals surface area contributed by atoms with Gasteiger partial charge in [-0.2, -0.15) is 0 Å². The molecule has 1 saturated heterocycles. The maximum atomic E-state index is 12.7. The molecule has 5 heteroatoms. The number of benzene rings is 1. The maximum Gasteiger partial charge on any atom is 0.235 e. The Morgan fingerprint density at radius 2 is 2.09 bits per heavy atom. The van der Waals surface area contributed by atoms with Crippen LogP contribution in [0.1, 0.15) is 38.3 Å². The predicted octanol–water partition coefficient (Wildman–Crippen LogP) is 2.71. The molecule has 2 aliphatic heterocycles. The molecule has 0 amide bonds. The van der Waals surface area contributed by atoms with E-state index in [1.54, 1.807) is 4.31 Å². The molecule has 2 aliphatic rings. The smallest absolute Gasteiger partial charge is 0.235 e. The second-order valence-electron chi connectivity index (χ2n) is 7.42. The lowest BCUT2D eigenvalue weighted by atomic mass is 9.86. The number of hydrogen-bond acceptors (Lipinski definition) is 3. The Morgan fingerprint density at radius 3 is 2.73 bits per heavy atom. The average Bonchev–Trinajstić information content (AvgIpc) is 3.04. The fourth-order valence-corrected chi connectivity index (χ4v) is 5.12. The van der Waals surface area contributed by atoms with E-state index >= 15 is 0 Å². The van der Waals surface area contributed by atoms with Gasteiger partial charge in [-0.05, 0) is 35.4 Å². The monoisotopic (exact) mass is 323 g/mol. The third-order valence-electron chi connectivity index (χ3n) is 4.60. The van der Waals surface area contributed by atoms with Crippen molar-refractivity contribution in [3.8, 4) is 0 Å². The Kier molecular flexibility index (Phi) is 3.98. The van der Waals surface area contributed by atoms with Crippen molar-refractivity contribution in [2.24, 2.45) is 5.92 Å². The highest BCUT2D eigenvalue weighted by Gasteiger charge is 2.33. The maximum absolute atomic E-state index is 12.7. The van der Waals surface area contributed by atoms with Gasteiger partial charge in [0, 0.05) is 19.1 Å². The van der Waals surface area contributed by atoms with Crippen molar-refractivity contribution in [2.75, 3.05) is 29.8 Å². The zero-order valence-electron chi connectivity index (χ0n) is 13.6. The van der Waals surface area contributed by atoms with E-state index < -0.39 is 10.0 Å². The van der Waals surface area contributed by atoms with E-state index in [-0.39, 0.29) is 17.1 Å². The SMILES string of the molecule is CC(C)(C)c1ccc2c(c1)CCN2S(=O)(=O)C[C@@H]1CCOC1. The standard InChI is InChI=1S/C17H25NO3S/c1-17(2,3)15-4-5-16-14(10-15)6-8-18(16)22(19,20)12-13-7-9-21-11-13/h4-5,10,13H,6-9,11-12H2,1-3H3/t13-/m1/s1. The number of rotatable bonds is 3. The van der Waals surface area contributed by atoms with Gasteiger partial charge >= 0.3 is 0 Å². The van der Waals surface area contributed by atoms with Crippen molar-refractivity contribution in [1.29, 1.82) is 0 Å². The highest BCUT2D eigenvalue weighted by Crippen LogP contribution is 2.35. The normalized spacial score (nSPS) is 22.1. The van der Waals surface area contributed by atoms with E-state index in [1.807, 2.05) is 6.07 Å². The fourth-order valence-electron chi connectivity index (χ4n) is 3.23. The third-order valence-corrected chi connectivity index (χ3v) is 6.55. The van der Waals surface area contributed by atoms with E-state index in [1.165, 1.54) is 5.56 Å². The van der Waals surface area contributed by atoms with Crippen LogP contribution in [0, 0.1) is 5.92 Å². The van der Waals surface area contributed by atoms with Crippen LogP contribution in [0.3, 0.4) is 0 Å². The molecule has 1 atom stereocenters. The van der Waals surface area contributed by atoms with E-state index in [2.05, 4.69) is 32.9 Å². The summed E-state index contributed by atoms with van der Waals surface area (Å²) in [6, 6.07) is 6.21. The molecule has 0 saturated carbocycles. The van der Waals surface area contributed by atoms with Crippen molar-refractivity contribution in [3.63, 3.8) is 0 Å². The molecule has 0 aromatic heterocycles. The Hall–Kier alpha value is -1.07. The molecule has 2 heterocycles. The van der Waals surface area contributed by atoms with E-state index in [0.29, 0.717) is 19.8 Å². The minimum absolute atomic E-state index is 0.0858. The van der Waals surface area contributed by atoms with E-state index in [4.69, 9.17) is 4.74 Å².